The zero-order chi connectivity index (χ0) is 19.6. The molecule has 10 heteroatoms. The number of aromatic nitrogens is 4. The van der Waals surface area contributed by atoms with E-state index in [4.69, 9.17) is 23.2 Å². The molecule has 8 nitrogen and oxygen atoms in total. The summed E-state index contributed by atoms with van der Waals surface area (Å²) in [5, 5.41) is 10.3. The van der Waals surface area contributed by atoms with Gasteiger partial charge in [0.25, 0.3) is 5.56 Å². The summed E-state index contributed by atoms with van der Waals surface area (Å²) in [6, 6.07) is 7.31. The van der Waals surface area contributed by atoms with Crippen LogP contribution in [0.4, 0.5) is 16.3 Å². The summed E-state index contributed by atoms with van der Waals surface area (Å²) >= 11 is 11.8. The highest BCUT2D eigenvalue weighted by molar-refractivity contribution is 6.42. The summed E-state index contributed by atoms with van der Waals surface area (Å²) in [5.74, 6) is 0.568. The molecule has 0 radical (unpaired) electrons. The van der Waals surface area contributed by atoms with Crippen molar-refractivity contribution >= 4 is 40.7 Å². The zero-order valence-corrected chi connectivity index (χ0v) is 16.0. The number of hydrogen-bond acceptors (Lipinski definition) is 4. The SMILES string of the molecule is CCc1cc(=O)[nH]c(-n2nc(C)cc2NC(=O)Nc2ccc(Cl)c(Cl)c2)n1. The standard InChI is InChI=1S/C17H16Cl2N6O2/c1-3-10-8-15(26)23-16(20-10)25-14(6-9(2)24-25)22-17(27)21-11-4-5-12(18)13(19)7-11/h4-8H,3H2,1-2H3,(H,20,23,26)(H2,21,22,27). The van der Waals surface area contributed by atoms with Gasteiger partial charge < -0.3 is 5.32 Å². The number of aromatic amines is 1. The number of urea groups is 1. The Bertz CT molecular complexity index is 1060. The first-order valence-corrected chi connectivity index (χ1v) is 8.81. The Morgan fingerprint density at radius 3 is 2.67 bits per heavy atom. The van der Waals surface area contributed by atoms with Crippen molar-refractivity contribution in [3.63, 3.8) is 0 Å². The Balaban J connectivity index is 1.85. The van der Waals surface area contributed by atoms with E-state index in [0.29, 0.717) is 39.4 Å². The Kier molecular flexibility index (Phi) is 5.48. The van der Waals surface area contributed by atoms with E-state index in [9.17, 15) is 9.59 Å². The number of amides is 2. The summed E-state index contributed by atoms with van der Waals surface area (Å²) in [5.41, 5.74) is 1.44. The van der Waals surface area contributed by atoms with Crippen LogP contribution in [0.25, 0.3) is 5.95 Å². The molecule has 0 aliphatic heterocycles. The third-order valence-corrected chi connectivity index (χ3v) is 4.33. The van der Waals surface area contributed by atoms with Gasteiger partial charge in [-0.1, -0.05) is 30.1 Å². The summed E-state index contributed by atoms with van der Waals surface area (Å²) < 4.78 is 1.37. The van der Waals surface area contributed by atoms with Gasteiger partial charge in [-0.15, -0.1) is 0 Å². The molecule has 0 saturated carbocycles. The van der Waals surface area contributed by atoms with E-state index in [1.54, 1.807) is 25.1 Å². The molecule has 2 heterocycles. The van der Waals surface area contributed by atoms with Crippen LogP contribution in [0, 0.1) is 6.92 Å². The molecule has 2 amide bonds. The molecule has 0 aliphatic carbocycles. The Hall–Kier alpha value is -2.84. The molecule has 0 fully saturated rings. The number of aryl methyl sites for hydroxylation is 2. The van der Waals surface area contributed by atoms with Crippen molar-refractivity contribution < 1.29 is 4.79 Å². The minimum atomic E-state index is -0.511. The van der Waals surface area contributed by atoms with Crippen LogP contribution in [0.2, 0.25) is 10.0 Å². The Labute approximate surface area is 164 Å². The highest BCUT2D eigenvalue weighted by Crippen LogP contribution is 2.25. The lowest BCUT2D eigenvalue weighted by molar-refractivity contribution is 0.262. The number of carbonyl (C=O) groups is 1. The maximum absolute atomic E-state index is 12.3. The van der Waals surface area contributed by atoms with Crippen molar-refractivity contribution in [2.75, 3.05) is 10.6 Å². The van der Waals surface area contributed by atoms with E-state index in [0.717, 1.165) is 0 Å². The minimum absolute atomic E-state index is 0.220. The van der Waals surface area contributed by atoms with E-state index < -0.39 is 6.03 Å². The molecule has 0 atom stereocenters. The topological polar surface area (TPSA) is 105 Å². The van der Waals surface area contributed by atoms with Gasteiger partial charge >= 0.3 is 6.03 Å². The van der Waals surface area contributed by atoms with Crippen LogP contribution >= 0.6 is 23.2 Å². The molecule has 2 aromatic heterocycles. The predicted molar refractivity (Wildman–Crippen MR) is 105 cm³/mol. The number of halogens is 2. The molecule has 0 bridgehead atoms. The zero-order valence-electron chi connectivity index (χ0n) is 14.5. The van der Waals surface area contributed by atoms with Gasteiger partial charge in [-0.2, -0.15) is 9.78 Å². The lowest BCUT2D eigenvalue weighted by Crippen LogP contribution is -2.23. The van der Waals surface area contributed by atoms with E-state index >= 15 is 0 Å². The smallest absolute Gasteiger partial charge is 0.308 e. The average molecular weight is 407 g/mol. The molecule has 1 aromatic carbocycles. The summed E-state index contributed by atoms with van der Waals surface area (Å²) in [4.78, 5) is 31.1. The molecule has 0 saturated heterocycles. The van der Waals surface area contributed by atoms with Crippen LogP contribution in [0.5, 0.6) is 0 Å². The van der Waals surface area contributed by atoms with Crippen LogP contribution in [-0.2, 0) is 6.42 Å². The second-order valence-electron chi connectivity index (χ2n) is 5.70. The number of rotatable bonds is 4. The van der Waals surface area contributed by atoms with Crippen LogP contribution < -0.4 is 16.2 Å². The highest BCUT2D eigenvalue weighted by atomic mass is 35.5. The minimum Gasteiger partial charge on any atom is -0.308 e. The molecular weight excluding hydrogens is 391 g/mol. The van der Waals surface area contributed by atoms with Crippen LogP contribution in [0.15, 0.2) is 35.1 Å². The van der Waals surface area contributed by atoms with Crippen molar-refractivity contribution in [3.05, 3.63) is 62.1 Å². The summed E-state index contributed by atoms with van der Waals surface area (Å²) in [6.45, 7) is 3.66. The van der Waals surface area contributed by atoms with Gasteiger partial charge in [0.1, 0.15) is 5.82 Å². The van der Waals surface area contributed by atoms with Crippen LogP contribution in [-0.4, -0.2) is 25.8 Å². The van der Waals surface area contributed by atoms with E-state index in [2.05, 4.69) is 25.7 Å². The maximum Gasteiger partial charge on any atom is 0.324 e. The number of nitrogens with zero attached hydrogens (tertiary/aromatic N) is 3. The molecule has 140 valence electrons. The molecule has 0 aliphatic rings. The van der Waals surface area contributed by atoms with Crippen molar-refractivity contribution in [2.24, 2.45) is 0 Å². The number of carbonyl (C=O) groups excluding carboxylic acids is 1. The van der Waals surface area contributed by atoms with Gasteiger partial charge in [0.15, 0.2) is 0 Å². The highest BCUT2D eigenvalue weighted by Gasteiger charge is 2.14. The van der Waals surface area contributed by atoms with Crippen molar-refractivity contribution in [1.82, 2.24) is 19.7 Å². The Morgan fingerprint density at radius 1 is 1.19 bits per heavy atom. The summed E-state index contributed by atoms with van der Waals surface area (Å²) in [6.07, 6.45) is 0.595. The van der Waals surface area contributed by atoms with Gasteiger partial charge in [0.2, 0.25) is 5.95 Å². The van der Waals surface area contributed by atoms with E-state index in [1.165, 1.54) is 16.8 Å². The maximum atomic E-state index is 12.3. The number of benzene rings is 1. The second kappa shape index (κ2) is 7.81. The van der Waals surface area contributed by atoms with Gasteiger partial charge in [-0.3, -0.25) is 15.1 Å². The van der Waals surface area contributed by atoms with Gasteiger partial charge in [0, 0.05) is 23.5 Å². The first kappa shape index (κ1) is 18.9. The second-order valence-corrected chi connectivity index (χ2v) is 6.52. The molecule has 27 heavy (non-hydrogen) atoms. The van der Waals surface area contributed by atoms with Gasteiger partial charge in [0.05, 0.1) is 15.7 Å². The quantitative estimate of drug-likeness (QED) is 0.612. The molecule has 0 spiro atoms. The molecule has 3 aromatic rings. The Morgan fingerprint density at radius 2 is 1.96 bits per heavy atom. The predicted octanol–water partition coefficient (Wildman–Crippen LogP) is 3.78. The third-order valence-electron chi connectivity index (χ3n) is 3.60. The van der Waals surface area contributed by atoms with Gasteiger partial charge in [-0.05, 0) is 31.5 Å². The number of hydrogen-bond donors (Lipinski definition) is 3. The fourth-order valence-corrected chi connectivity index (χ4v) is 2.68. The van der Waals surface area contributed by atoms with Crippen molar-refractivity contribution in [3.8, 4) is 5.95 Å². The molecule has 3 N–H and O–H groups in total. The first-order valence-electron chi connectivity index (χ1n) is 8.06. The van der Waals surface area contributed by atoms with Gasteiger partial charge in [-0.25, -0.2) is 9.78 Å². The number of anilines is 2. The number of nitrogens with one attached hydrogen (secondary N) is 3. The first-order chi connectivity index (χ1) is 12.9. The number of H-pyrrole nitrogens is 1. The van der Waals surface area contributed by atoms with Crippen molar-refractivity contribution in [1.29, 1.82) is 0 Å². The third kappa shape index (κ3) is 4.47. The normalized spacial score (nSPS) is 10.7. The molecule has 0 unspecified atom stereocenters. The lowest BCUT2D eigenvalue weighted by atomic mass is 10.3. The van der Waals surface area contributed by atoms with Crippen LogP contribution in [0.1, 0.15) is 18.3 Å². The average Bonchev–Trinajstić information content (AvgIpc) is 2.97. The molecule has 3 rings (SSSR count). The largest absolute Gasteiger partial charge is 0.324 e. The van der Waals surface area contributed by atoms with Crippen molar-refractivity contribution in [2.45, 2.75) is 20.3 Å². The summed E-state index contributed by atoms with van der Waals surface area (Å²) in [7, 11) is 0. The van der Waals surface area contributed by atoms with E-state index in [-0.39, 0.29) is 11.5 Å². The fourth-order valence-electron chi connectivity index (χ4n) is 2.38. The van der Waals surface area contributed by atoms with Crippen LogP contribution in [0.3, 0.4) is 0 Å². The monoisotopic (exact) mass is 406 g/mol. The van der Waals surface area contributed by atoms with E-state index in [1.807, 2.05) is 6.92 Å². The molecular formula is C17H16Cl2N6O2. The lowest BCUT2D eigenvalue weighted by Gasteiger charge is -2.10. The fraction of sp³-hybridized carbons (Fsp3) is 0.176.